The highest BCUT2D eigenvalue weighted by atomic mass is 16.5. The molecule has 6 nitrogen and oxygen atoms in total. The fraction of sp³-hybridized carbons (Fsp3) is 0.500. The first-order valence-electron chi connectivity index (χ1n) is 9.06. The molecule has 1 aliphatic heterocycles. The average Bonchev–Trinajstić information content (AvgIpc) is 2.61. The minimum Gasteiger partial charge on any atom is -0.491 e. The predicted octanol–water partition coefficient (Wildman–Crippen LogP) is 2.26. The summed E-state index contributed by atoms with van der Waals surface area (Å²) in [5.74, 6) is 1.51. The zero-order chi connectivity index (χ0) is 18.6. The van der Waals surface area contributed by atoms with Gasteiger partial charge in [0.1, 0.15) is 18.0 Å². The van der Waals surface area contributed by atoms with Gasteiger partial charge in [-0.1, -0.05) is 12.1 Å². The van der Waals surface area contributed by atoms with E-state index in [1.807, 2.05) is 62.6 Å². The number of nitrogens with zero attached hydrogens (tertiary/aromatic N) is 4. The first-order chi connectivity index (χ1) is 12.4. The highest BCUT2D eigenvalue weighted by molar-refractivity contribution is 5.28. The van der Waals surface area contributed by atoms with Crippen LogP contribution in [0.5, 0.6) is 5.75 Å². The third-order valence-corrected chi connectivity index (χ3v) is 4.63. The van der Waals surface area contributed by atoms with Gasteiger partial charge in [-0.3, -0.25) is 4.90 Å². The molecule has 26 heavy (non-hydrogen) atoms. The third kappa shape index (κ3) is 4.93. The van der Waals surface area contributed by atoms with Crippen molar-refractivity contribution >= 4 is 5.95 Å². The van der Waals surface area contributed by atoms with Crippen LogP contribution in [0.3, 0.4) is 0 Å². The molecule has 0 aliphatic carbocycles. The minimum absolute atomic E-state index is 0.309. The molecule has 0 radical (unpaired) electrons. The lowest BCUT2D eigenvalue weighted by Crippen LogP contribution is -2.51. The average molecular weight is 356 g/mol. The molecule has 1 fully saturated rings. The number of β-amino-alcohol motifs (C(OH)–C–C–N with tert-alkyl or cyclic N) is 1. The molecule has 6 heteroatoms. The number of rotatable bonds is 6. The van der Waals surface area contributed by atoms with Crippen LogP contribution in [-0.4, -0.2) is 59.4 Å². The van der Waals surface area contributed by atoms with E-state index in [-0.39, 0.29) is 0 Å². The Morgan fingerprint density at radius 3 is 2.73 bits per heavy atom. The summed E-state index contributed by atoms with van der Waals surface area (Å²) in [5.41, 5.74) is 1.38. The molecule has 0 bridgehead atoms. The Hall–Kier alpha value is -2.18. The van der Waals surface area contributed by atoms with Crippen molar-refractivity contribution in [2.24, 2.45) is 0 Å². The standard InChI is InChI=1S/C20H28N4O2/c1-16-6-4-7-18(10-16)26-15-20(25)8-5-9-24(14-20)13-17-11-21-19(22-12-17)23(2)3/h4,6-7,10-12,25H,5,8-9,13-15H2,1-3H3/t20-/m1/s1. The molecule has 2 aromatic rings. The van der Waals surface area contributed by atoms with Gasteiger partial charge in [0.25, 0.3) is 0 Å². The number of aryl methyl sites for hydroxylation is 1. The monoisotopic (exact) mass is 356 g/mol. The van der Waals surface area contributed by atoms with Crippen molar-refractivity contribution in [3.63, 3.8) is 0 Å². The van der Waals surface area contributed by atoms with Crippen LogP contribution in [0.25, 0.3) is 0 Å². The molecule has 1 aromatic heterocycles. The largest absolute Gasteiger partial charge is 0.491 e. The van der Waals surface area contributed by atoms with Gasteiger partial charge in [0, 0.05) is 45.1 Å². The molecule has 140 valence electrons. The summed E-state index contributed by atoms with van der Waals surface area (Å²) in [6.07, 6.45) is 5.42. The maximum atomic E-state index is 11.0. The fourth-order valence-corrected chi connectivity index (χ4v) is 3.30. The molecule has 1 atom stereocenters. The molecular weight excluding hydrogens is 328 g/mol. The van der Waals surface area contributed by atoms with E-state index in [1.165, 1.54) is 0 Å². The molecule has 0 spiro atoms. The molecule has 3 rings (SSSR count). The molecular formula is C20H28N4O2. The van der Waals surface area contributed by atoms with Crippen molar-refractivity contribution < 1.29 is 9.84 Å². The number of ether oxygens (including phenoxy) is 1. The Balaban J connectivity index is 1.57. The Morgan fingerprint density at radius 2 is 2.04 bits per heavy atom. The van der Waals surface area contributed by atoms with Gasteiger partial charge >= 0.3 is 0 Å². The van der Waals surface area contributed by atoms with Crippen LogP contribution in [0.2, 0.25) is 0 Å². The maximum Gasteiger partial charge on any atom is 0.224 e. The van der Waals surface area contributed by atoms with Crippen molar-refractivity contribution in [2.45, 2.75) is 31.9 Å². The van der Waals surface area contributed by atoms with E-state index < -0.39 is 5.60 Å². The number of aliphatic hydroxyl groups is 1. The van der Waals surface area contributed by atoms with Crippen molar-refractivity contribution in [1.29, 1.82) is 0 Å². The number of hydrogen-bond acceptors (Lipinski definition) is 6. The number of piperidine rings is 1. The quantitative estimate of drug-likeness (QED) is 0.857. The van der Waals surface area contributed by atoms with Gasteiger partial charge in [0.05, 0.1) is 0 Å². The lowest BCUT2D eigenvalue weighted by atomic mass is 9.93. The van der Waals surface area contributed by atoms with Crippen molar-refractivity contribution in [2.75, 3.05) is 38.7 Å². The molecule has 1 aliphatic rings. The molecule has 0 saturated carbocycles. The van der Waals surface area contributed by atoms with E-state index in [0.29, 0.717) is 19.1 Å². The van der Waals surface area contributed by atoms with Gasteiger partial charge in [0.15, 0.2) is 0 Å². The normalized spacial score (nSPS) is 20.8. The van der Waals surface area contributed by atoms with Gasteiger partial charge in [-0.25, -0.2) is 9.97 Å². The number of benzene rings is 1. The van der Waals surface area contributed by atoms with Crippen LogP contribution in [0.1, 0.15) is 24.0 Å². The number of likely N-dealkylation sites (tertiary alicyclic amines) is 1. The van der Waals surface area contributed by atoms with Crippen LogP contribution in [0.15, 0.2) is 36.7 Å². The highest BCUT2D eigenvalue weighted by Gasteiger charge is 2.34. The number of anilines is 1. The second kappa shape index (κ2) is 8.01. The predicted molar refractivity (Wildman–Crippen MR) is 102 cm³/mol. The van der Waals surface area contributed by atoms with Gasteiger partial charge in [-0.15, -0.1) is 0 Å². The minimum atomic E-state index is -0.827. The first kappa shape index (κ1) is 18.6. The van der Waals surface area contributed by atoms with Crippen molar-refractivity contribution in [3.05, 3.63) is 47.8 Å². The molecule has 2 heterocycles. The Bertz CT molecular complexity index is 720. The van der Waals surface area contributed by atoms with E-state index in [1.54, 1.807) is 0 Å². The van der Waals surface area contributed by atoms with Gasteiger partial charge < -0.3 is 14.7 Å². The van der Waals surface area contributed by atoms with Gasteiger partial charge in [-0.05, 0) is 44.0 Å². The lowest BCUT2D eigenvalue weighted by molar-refractivity contribution is -0.0621. The Labute approximate surface area is 155 Å². The fourth-order valence-electron chi connectivity index (χ4n) is 3.30. The summed E-state index contributed by atoms with van der Waals surface area (Å²) in [4.78, 5) is 12.9. The van der Waals surface area contributed by atoms with Crippen LogP contribution in [0, 0.1) is 6.92 Å². The summed E-state index contributed by atoms with van der Waals surface area (Å²) in [5, 5.41) is 11.0. The topological polar surface area (TPSA) is 61.7 Å². The third-order valence-electron chi connectivity index (χ3n) is 4.63. The van der Waals surface area contributed by atoms with Gasteiger partial charge in [-0.2, -0.15) is 0 Å². The zero-order valence-corrected chi connectivity index (χ0v) is 15.9. The molecule has 0 unspecified atom stereocenters. The summed E-state index contributed by atoms with van der Waals surface area (Å²) in [6.45, 7) is 4.63. The van der Waals surface area contributed by atoms with Crippen molar-refractivity contribution in [1.82, 2.24) is 14.9 Å². The van der Waals surface area contributed by atoms with Crippen LogP contribution in [0.4, 0.5) is 5.95 Å². The van der Waals surface area contributed by atoms with Crippen LogP contribution < -0.4 is 9.64 Å². The maximum absolute atomic E-state index is 11.0. The summed E-state index contributed by atoms with van der Waals surface area (Å²) < 4.78 is 5.86. The number of aromatic nitrogens is 2. The Kier molecular flexibility index (Phi) is 5.74. The van der Waals surface area contributed by atoms with Crippen LogP contribution >= 0.6 is 0 Å². The summed E-state index contributed by atoms with van der Waals surface area (Å²) >= 11 is 0. The lowest BCUT2D eigenvalue weighted by Gasteiger charge is -2.38. The van der Waals surface area contributed by atoms with E-state index >= 15 is 0 Å². The zero-order valence-electron chi connectivity index (χ0n) is 15.9. The smallest absolute Gasteiger partial charge is 0.224 e. The van der Waals surface area contributed by atoms with E-state index in [9.17, 15) is 5.11 Å². The van der Waals surface area contributed by atoms with E-state index in [4.69, 9.17) is 4.74 Å². The molecule has 1 aromatic carbocycles. The Morgan fingerprint density at radius 1 is 1.27 bits per heavy atom. The van der Waals surface area contributed by atoms with E-state index in [0.717, 1.165) is 42.8 Å². The van der Waals surface area contributed by atoms with Crippen molar-refractivity contribution in [3.8, 4) is 5.75 Å². The van der Waals surface area contributed by atoms with Crippen LogP contribution in [-0.2, 0) is 6.54 Å². The number of hydrogen-bond donors (Lipinski definition) is 1. The van der Waals surface area contributed by atoms with E-state index in [2.05, 4.69) is 14.9 Å². The second-order valence-electron chi connectivity index (χ2n) is 7.43. The highest BCUT2D eigenvalue weighted by Crippen LogP contribution is 2.24. The first-order valence-corrected chi connectivity index (χ1v) is 9.06. The molecule has 1 N–H and O–H groups in total. The second-order valence-corrected chi connectivity index (χ2v) is 7.43. The van der Waals surface area contributed by atoms with Gasteiger partial charge in [0.2, 0.25) is 5.95 Å². The SMILES string of the molecule is Cc1cccc(OC[C@@]2(O)CCCN(Cc3cnc(N(C)C)nc3)C2)c1. The summed E-state index contributed by atoms with van der Waals surface area (Å²) in [7, 11) is 3.85. The molecule has 1 saturated heterocycles. The molecule has 0 amide bonds. The summed E-state index contributed by atoms with van der Waals surface area (Å²) in [6, 6.07) is 7.93.